The third kappa shape index (κ3) is 2.55. The fraction of sp³-hybridized carbons (Fsp3) is 0.286. The minimum Gasteiger partial charge on any atom is -0.274 e. The van der Waals surface area contributed by atoms with Gasteiger partial charge >= 0.3 is 0 Å². The molecule has 0 aliphatic carbocycles. The molecule has 1 aliphatic heterocycles. The van der Waals surface area contributed by atoms with Crippen molar-refractivity contribution in [2.45, 2.75) is 13.8 Å². The SMILES string of the molecule is CCSC1=C(c2ccc(Cl)cc2)C(=O)N(CC)C1=O. The predicted molar refractivity (Wildman–Crippen MR) is 78.9 cm³/mol. The number of thioether (sulfide) groups is 1. The number of imide groups is 1. The first-order chi connectivity index (χ1) is 9.10. The lowest BCUT2D eigenvalue weighted by Crippen LogP contribution is -2.31. The zero-order valence-corrected chi connectivity index (χ0v) is 12.3. The third-order valence-electron chi connectivity index (χ3n) is 2.86. The van der Waals surface area contributed by atoms with Crippen LogP contribution in [0.2, 0.25) is 5.02 Å². The van der Waals surface area contributed by atoms with Crippen LogP contribution in [0.15, 0.2) is 29.2 Å². The standard InChI is InChI=1S/C14H14ClNO2S/c1-3-16-13(17)11(12(14(16)18)19-4-2)9-5-7-10(15)8-6-9/h5-8H,3-4H2,1-2H3. The van der Waals surface area contributed by atoms with E-state index in [0.29, 0.717) is 22.0 Å². The lowest BCUT2D eigenvalue weighted by Gasteiger charge is -2.11. The van der Waals surface area contributed by atoms with Crippen LogP contribution in [0.25, 0.3) is 5.57 Å². The van der Waals surface area contributed by atoms with Crippen LogP contribution >= 0.6 is 23.4 Å². The van der Waals surface area contributed by atoms with E-state index in [2.05, 4.69) is 0 Å². The monoisotopic (exact) mass is 295 g/mol. The van der Waals surface area contributed by atoms with Crippen molar-refractivity contribution in [3.8, 4) is 0 Å². The number of carbonyl (C=O) groups is 2. The smallest absolute Gasteiger partial charge is 0.267 e. The van der Waals surface area contributed by atoms with Gasteiger partial charge in [-0.2, -0.15) is 0 Å². The molecule has 1 aromatic carbocycles. The van der Waals surface area contributed by atoms with Crippen LogP contribution < -0.4 is 0 Å². The van der Waals surface area contributed by atoms with E-state index >= 15 is 0 Å². The van der Waals surface area contributed by atoms with Crippen LogP contribution in [-0.4, -0.2) is 29.0 Å². The molecule has 0 fully saturated rings. The number of rotatable bonds is 4. The number of nitrogens with zero attached hydrogens (tertiary/aromatic N) is 1. The number of carbonyl (C=O) groups excluding carboxylic acids is 2. The number of halogens is 1. The molecule has 1 heterocycles. The highest BCUT2D eigenvalue weighted by Crippen LogP contribution is 2.35. The van der Waals surface area contributed by atoms with E-state index in [1.165, 1.54) is 16.7 Å². The lowest BCUT2D eigenvalue weighted by molar-refractivity contribution is -0.136. The highest BCUT2D eigenvalue weighted by molar-refractivity contribution is 8.04. The van der Waals surface area contributed by atoms with Gasteiger partial charge in [0, 0.05) is 11.6 Å². The first kappa shape index (κ1) is 14.2. The molecule has 0 saturated heterocycles. The normalized spacial score (nSPS) is 15.6. The van der Waals surface area contributed by atoms with E-state index in [-0.39, 0.29) is 11.8 Å². The molecule has 0 atom stereocenters. The summed E-state index contributed by atoms with van der Waals surface area (Å²) < 4.78 is 0. The van der Waals surface area contributed by atoms with Gasteiger partial charge in [0.05, 0.1) is 10.5 Å². The van der Waals surface area contributed by atoms with Crippen LogP contribution in [0, 0.1) is 0 Å². The molecule has 0 N–H and O–H groups in total. The molecule has 0 bridgehead atoms. The summed E-state index contributed by atoms with van der Waals surface area (Å²) in [4.78, 5) is 26.3. The Morgan fingerprint density at radius 3 is 2.26 bits per heavy atom. The highest BCUT2D eigenvalue weighted by Gasteiger charge is 2.37. The minimum atomic E-state index is -0.217. The summed E-state index contributed by atoms with van der Waals surface area (Å²) in [5, 5.41) is 0.609. The van der Waals surface area contributed by atoms with Crippen molar-refractivity contribution in [1.82, 2.24) is 4.90 Å². The molecule has 1 aromatic rings. The summed E-state index contributed by atoms with van der Waals surface area (Å²) in [5.41, 5.74) is 1.24. The van der Waals surface area contributed by atoms with E-state index in [9.17, 15) is 9.59 Å². The van der Waals surface area contributed by atoms with Crippen molar-refractivity contribution in [3.05, 3.63) is 39.8 Å². The van der Waals surface area contributed by atoms with Crippen molar-refractivity contribution in [1.29, 1.82) is 0 Å². The minimum absolute atomic E-state index is 0.190. The molecule has 19 heavy (non-hydrogen) atoms. The van der Waals surface area contributed by atoms with Gasteiger partial charge in [0.2, 0.25) is 0 Å². The van der Waals surface area contributed by atoms with Crippen LogP contribution in [-0.2, 0) is 9.59 Å². The van der Waals surface area contributed by atoms with Crippen LogP contribution in [0.3, 0.4) is 0 Å². The summed E-state index contributed by atoms with van der Waals surface area (Å²) in [5.74, 6) is 0.346. The van der Waals surface area contributed by atoms with Crippen molar-refractivity contribution in [2.24, 2.45) is 0 Å². The maximum Gasteiger partial charge on any atom is 0.267 e. The molecular formula is C14H14ClNO2S. The summed E-state index contributed by atoms with van der Waals surface area (Å²) >= 11 is 7.26. The Labute approximate surface area is 121 Å². The Morgan fingerprint density at radius 1 is 1.11 bits per heavy atom. The van der Waals surface area contributed by atoms with E-state index < -0.39 is 0 Å². The molecule has 0 unspecified atom stereocenters. The number of hydrogen-bond acceptors (Lipinski definition) is 3. The second-order valence-corrected chi connectivity index (χ2v) is 5.71. The van der Waals surface area contributed by atoms with Gasteiger partial charge in [0.1, 0.15) is 0 Å². The summed E-state index contributed by atoms with van der Waals surface area (Å²) in [6.45, 7) is 4.15. The zero-order valence-electron chi connectivity index (χ0n) is 10.8. The number of likely N-dealkylation sites (N-methyl/N-ethyl adjacent to an activating group) is 1. The Bertz CT molecular complexity index is 551. The van der Waals surface area contributed by atoms with Crippen LogP contribution in [0.5, 0.6) is 0 Å². The van der Waals surface area contributed by atoms with Crippen molar-refractivity contribution < 1.29 is 9.59 Å². The molecule has 1 aliphatic rings. The third-order valence-corrected chi connectivity index (χ3v) is 4.07. The van der Waals surface area contributed by atoms with E-state index in [0.717, 1.165) is 11.3 Å². The molecule has 3 nitrogen and oxygen atoms in total. The number of amides is 2. The van der Waals surface area contributed by atoms with E-state index in [4.69, 9.17) is 11.6 Å². The first-order valence-corrected chi connectivity index (χ1v) is 7.45. The predicted octanol–water partition coefficient (Wildman–Crippen LogP) is 3.19. The van der Waals surface area contributed by atoms with Crippen molar-refractivity contribution in [2.75, 3.05) is 12.3 Å². The van der Waals surface area contributed by atoms with E-state index in [1.54, 1.807) is 31.2 Å². The Kier molecular flexibility index (Phi) is 4.32. The molecule has 2 amide bonds. The molecule has 0 spiro atoms. The van der Waals surface area contributed by atoms with Gasteiger partial charge in [-0.1, -0.05) is 30.7 Å². The summed E-state index contributed by atoms with van der Waals surface area (Å²) in [6.07, 6.45) is 0. The van der Waals surface area contributed by atoms with Gasteiger partial charge in [-0.3, -0.25) is 14.5 Å². The van der Waals surface area contributed by atoms with Gasteiger partial charge in [-0.15, -0.1) is 11.8 Å². The molecule has 2 rings (SSSR count). The molecule has 100 valence electrons. The summed E-state index contributed by atoms with van der Waals surface area (Å²) in [7, 11) is 0. The number of hydrogen-bond donors (Lipinski definition) is 0. The van der Waals surface area contributed by atoms with E-state index in [1.807, 2.05) is 6.92 Å². The van der Waals surface area contributed by atoms with Gasteiger partial charge in [-0.25, -0.2) is 0 Å². The lowest BCUT2D eigenvalue weighted by atomic mass is 10.1. The largest absolute Gasteiger partial charge is 0.274 e. The fourth-order valence-corrected chi connectivity index (χ4v) is 2.99. The van der Waals surface area contributed by atoms with Crippen molar-refractivity contribution >= 4 is 40.8 Å². The number of benzene rings is 1. The highest BCUT2D eigenvalue weighted by atomic mass is 35.5. The van der Waals surface area contributed by atoms with Gasteiger partial charge in [0.25, 0.3) is 11.8 Å². The molecule has 0 saturated carbocycles. The average Bonchev–Trinajstić information content (AvgIpc) is 2.63. The van der Waals surface area contributed by atoms with Crippen molar-refractivity contribution in [3.63, 3.8) is 0 Å². The van der Waals surface area contributed by atoms with Crippen LogP contribution in [0.4, 0.5) is 0 Å². The topological polar surface area (TPSA) is 37.4 Å². The molecule has 5 heteroatoms. The molecule has 0 radical (unpaired) electrons. The summed E-state index contributed by atoms with van der Waals surface area (Å²) in [6, 6.07) is 7.01. The average molecular weight is 296 g/mol. The molecule has 0 aromatic heterocycles. The van der Waals surface area contributed by atoms with Crippen LogP contribution in [0.1, 0.15) is 19.4 Å². The maximum absolute atomic E-state index is 12.3. The van der Waals surface area contributed by atoms with Gasteiger partial charge in [-0.05, 0) is 30.4 Å². The van der Waals surface area contributed by atoms with Gasteiger partial charge < -0.3 is 0 Å². The maximum atomic E-state index is 12.3. The zero-order chi connectivity index (χ0) is 14.0. The Hall–Kier alpha value is -1.26. The quantitative estimate of drug-likeness (QED) is 0.801. The Morgan fingerprint density at radius 2 is 1.74 bits per heavy atom. The van der Waals surface area contributed by atoms with Gasteiger partial charge in [0.15, 0.2) is 0 Å². The second-order valence-electron chi connectivity index (χ2n) is 4.00. The fourth-order valence-electron chi connectivity index (χ4n) is 1.99. The first-order valence-electron chi connectivity index (χ1n) is 6.09. The Balaban J connectivity index is 2.51. The second kappa shape index (κ2) is 5.80. The molecular weight excluding hydrogens is 282 g/mol.